The molecule has 4 heterocycles. The van der Waals surface area contributed by atoms with E-state index in [1.165, 1.54) is 0 Å². The summed E-state index contributed by atoms with van der Waals surface area (Å²) in [4.78, 5) is 8.61. The van der Waals surface area contributed by atoms with E-state index in [4.69, 9.17) is 4.74 Å². The molecule has 0 spiro atoms. The van der Waals surface area contributed by atoms with Gasteiger partial charge in [-0.15, -0.1) is 10.2 Å². The van der Waals surface area contributed by atoms with Gasteiger partial charge < -0.3 is 10.1 Å². The highest BCUT2D eigenvalue weighted by Gasteiger charge is 2.29. The van der Waals surface area contributed by atoms with E-state index in [0.717, 1.165) is 5.56 Å². The van der Waals surface area contributed by atoms with Crippen molar-refractivity contribution in [3.8, 4) is 17.3 Å². The van der Waals surface area contributed by atoms with Gasteiger partial charge in [0.05, 0.1) is 6.04 Å². The lowest BCUT2D eigenvalue weighted by atomic mass is 10.1. The SMILES string of the molecule is CNc1nnc2n1C(c1cccnc1)COc1cccnc1-2. The highest BCUT2D eigenvalue weighted by Crippen LogP contribution is 2.36. The minimum absolute atomic E-state index is 0.0737. The fourth-order valence-electron chi connectivity index (χ4n) is 2.66. The summed E-state index contributed by atoms with van der Waals surface area (Å²) < 4.78 is 7.96. The second-order valence-corrected chi connectivity index (χ2v) is 4.93. The predicted octanol–water partition coefficient (Wildman–Crippen LogP) is 1.76. The van der Waals surface area contributed by atoms with Crippen molar-refractivity contribution >= 4 is 5.95 Å². The third kappa shape index (κ3) is 1.90. The molecule has 0 aliphatic carbocycles. The molecule has 0 saturated heterocycles. The van der Waals surface area contributed by atoms with E-state index in [0.29, 0.717) is 29.8 Å². The number of hydrogen-bond donors (Lipinski definition) is 1. The van der Waals surface area contributed by atoms with Crippen LogP contribution in [-0.2, 0) is 0 Å². The zero-order valence-electron chi connectivity index (χ0n) is 12.0. The molecule has 0 aromatic carbocycles. The molecule has 0 fully saturated rings. The first kappa shape index (κ1) is 12.8. The molecule has 3 aromatic rings. The standard InChI is InChI=1S/C15H14N6O/c1-16-15-20-19-14-13-12(5-3-7-18-13)22-9-11(21(14)15)10-4-2-6-17-8-10/h2-8,11H,9H2,1H3,(H,16,20). The Hall–Kier alpha value is -2.96. The number of hydrogen-bond acceptors (Lipinski definition) is 6. The molecule has 3 aromatic heterocycles. The summed E-state index contributed by atoms with van der Waals surface area (Å²) in [5.74, 6) is 2.07. The fraction of sp³-hybridized carbons (Fsp3) is 0.200. The van der Waals surface area contributed by atoms with E-state index in [-0.39, 0.29) is 6.04 Å². The van der Waals surface area contributed by atoms with Gasteiger partial charge in [0, 0.05) is 25.6 Å². The molecule has 1 atom stereocenters. The van der Waals surface area contributed by atoms with Gasteiger partial charge in [-0.1, -0.05) is 6.07 Å². The Morgan fingerprint density at radius 2 is 2.14 bits per heavy atom. The second-order valence-electron chi connectivity index (χ2n) is 4.93. The van der Waals surface area contributed by atoms with E-state index < -0.39 is 0 Å². The smallest absolute Gasteiger partial charge is 0.225 e. The van der Waals surface area contributed by atoms with Crippen LogP contribution in [0.1, 0.15) is 11.6 Å². The quantitative estimate of drug-likeness (QED) is 0.776. The summed E-state index contributed by atoms with van der Waals surface area (Å²) in [5, 5.41) is 11.6. The number of aromatic nitrogens is 5. The molecule has 1 unspecified atom stereocenters. The Kier molecular flexibility index (Phi) is 2.96. The third-order valence-electron chi connectivity index (χ3n) is 3.68. The molecule has 0 saturated carbocycles. The van der Waals surface area contributed by atoms with Crippen molar-refractivity contribution in [2.24, 2.45) is 0 Å². The number of nitrogens with one attached hydrogen (secondary N) is 1. The molecule has 1 aliphatic heterocycles. The van der Waals surface area contributed by atoms with E-state index >= 15 is 0 Å². The maximum atomic E-state index is 5.95. The molecule has 4 rings (SSSR count). The highest BCUT2D eigenvalue weighted by molar-refractivity contribution is 5.62. The molecule has 0 amide bonds. The molecule has 110 valence electrons. The zero-order valence-corrected chi connectivity index (χ0v) is 12.0. The van der Waals surface area contributed by atoms with Crippen molar-refractivity contribution in [3.63, 3.8) is 0 Å². The van der Waals surface area contributed by atoms with Gasteiger partial charge in [0.1, 0.15) is 18.1 Å². The minimum Gasteiger partial charge on any atom is -0.489 e. The van der Waals surface area contributed by atoms with Crippen LogP contribution in [0.25, 0.3) is 11.5 Å². The second kappa shape index (κ2) is 5.10. The first-order chi connectivity index (χ1) is 10.9. The summed E-state index contributed by atoms with van der Waals surface area (Å²) in [5.41, 5.74) is 1.73. The number of rotatable bonds is 2. The van der Waals surface area contributed by atoms with E-state index in [1.54, 1.807) is 12.4 Å². The van der Waals surface area contributed by atoms with Crippen LogP contribution >= 0.6 is 0 Å². The van der Waals surface area contributed by atoms with Gasteiger partial charge in [0.15, 0.2) is 5.82 Å². The minimum atomic E-state index is -0.0737. The number of anilines is 1. The van der Waals surface area contributed by atoms with Gasteiger partial charge in [-0.2, -0.15) is 0 Å². The van der Waals surface area contributed by atoms with Crippen molar-refractivity contribution in [1.29, 1.82) is 0 Å². The Morgan fingerprint density at radius 3 is 2.95 bits per heavy atom. The van der Waals surface area contributed by atoms with Crippen molar-refractivity contribution in [2.45, 2.75) is 6.04 Å². The summed E-state index contributed by atoms with van der Waals surface area (Å²) in [6.45, 7) is 0.462. The van der Waals surface area contributed by atoms with Crippen molar-refractivity contribution in [1.82, 2.24) is 24.7 Å². The molecule has 1 N–H and O–H groups in total. The number of pyridine rings is 2. The normalized spacial score (nSPS) is 16.1. The van der Waals surface area contributed by atoms with E-state index in [9.17, 15) is 0 Å². The first-order valence-corrected chi connectivity index (χ1v) is 6.99. The van der Waals surface area contributed by atoms with Crippen LogP contribution in [0.4, 0.5) is 5.95 Å². The van der Waals surface area contributed by atoms with Gasteiger partial charge in [-0.25, -0.2) is 4.98 Å². The average molecular weight is 294 g/mol. The van der Waals surface area contributed by atoms with Crippen LogP contribution < -0.4 is 10.1 Å². The summed E-state index contributed by atoms with van der Waals surface area (Å²) in [6.07, 6.45) is 5.31. The molecule has 7 heteroatoms. The first-order valence-electron chi connectivity index (χ1n) is 6.99. The molecular weight excluding hydrogens is 280 g/mol. The van der Waals surface area contributed by atoms with Gasteiger partial charge >= 0.3 is 0 Å². The van der Waals surface area contributed by atoms with Crippen LogP contribution in [0.3, 0.4) is 0 Å². The largest absolute Gasteiger partial charge is 0.489 e. The summed E-state index contributed by atoms with van der Waals surface area (Å²) in [6, 6.07) is 7.60. The van der Waals surface area contributed by atoms with Crippen LogP contribution in [0.5, 0.6) is 5.75 Å². The van der Waals surface area contributed by atoms with E-state index in [1.807, 2.05) is 42.1 Å². The van der Waals surface area contributed by atoms with Crippen LogP contribution in [0, 0.1) is 0 Å². The van der Waals surface area contributed by atoms with E-state index in [2.05, 4.69) is 25.5 Å². The number of ether oxygens (including phenoxy) is 1. The summed E-state index contributed by atoms with van der Waals surface area (Å²) in [7, 11) is 1.82. The molecule has 7 nitrogen and oxygen atoms in total. The predicted molar refractivity (Wildman–Crippen MR) is 80.7 cm³/mol. The summed E-state index contributed by atoms with van der Waals surface area (Å²) >= 11 is 0. The Balaban J connectivity index is 1.94. The average Bonchev–Trinajstić information content (AvgIpc) is 2.93. The zero-order chi connectivity index (χ0) is 14.9. The van der Waals surface area contributed by atoms with Crippen LogP contribution in [-0.4, -0.2) is 38.4 Å². The van der Waals surface area contributed by atoms with Gasteiger partial charge in [-0.3, -0.25) is 9.55 Å². The van der Waals surface area contributed by atoms with Gasteiger partial charge in [0.2, 0.25) is 5.95 Å². The molecule has 0 bridgehead atoms. The van der Waals surface area contributed by atoms with Crippen molar-refractivity contribution in [3.05, 3.63) is 48.4 Å². The van der Waals surface area contributed by atoms with Gasteiger partial charge in [0.25, 0.3) is 0 Å². The van der Waals surface area contributed by atoms with Gasteiger partial charge in [-0.05, 0) is 23.8 Å². The van der Waals surface area contributed by atoms with Crippen molar-refractivity contribution in [2.75, 3.05) is 19.0 Å². The topological polar surface area (TPSA) is 77.8 Å². The maximum absolute atomic E-state index is 5.95. The van der Waals surface area contributed by atoms with Crippen LogP contribution in [0.15, 0.2) is 42.9 Å². The van der Waals surface area contributed by atoms with Crippen LogP contribution in [0.2, 0.25) is 0 Å². The molecular formula is C15H14N6O. The Labute approximate surface area is 127 Å². The Morgan fingerprint density at radius 1 is 1.23 bits per heavy atom. The fourth-order valence-corrected chi connectivity index (χ4v) is 2.66. The van der Waals surface area contributed by atoms with Crippen molar-refractivity contribution < 1.29 is 4.74 Å². The maximum Gasteiger partial charge on any atom is 0.225 e. The lowest BCUT2D eigenvalue weighted by molar-refractivity contribution is 0.280. The third-order valence-corrected chi connectivity index (χ3v) is 3.68. The molecule has 0 radical (unpaired) electrons. The number of nitrogens with zero attached hydrogens (tertiary/aromatic N) is 5. The lowest BCUT2D eigenvalue weighted by Gasteiger charge is -2.19. The number of fused-ring (bicyclic) bond motifs is 3. The lowest BCUT2D eigenvalue weighted by Crippen LogP contribution is -2.19. The Bertz CT molecular complexity index is 801. The molecule has 1 aliphatic rings. The molecule has 22 heavy (non-hydrogen) atoms. The monoisotopic (exact) mass is 294 g/mol. The highest BCUT2D eigenvalue weighted by atomic mass is 16.5.